The summed E-state index contributed by atoms with van der Waals surface area (Å²) in [6.45, 7) is 4.49. The van der Waals surface area contributed by atoms with Crippen molar-refractivity contribution in [2.45, 2.75) is 44.0 Å². The van der Waals surface area contributed by atoms with Crippen LogP contribution in [0.15, 0.2) is 22.8 Å². The second-order valence-electron chi connectivity index (χ2n) is 4.23. The average molecular weight is 225 g/mol. The van der Waals surface area contributed by atoms with Gasteiger partial charge < -0.3 is 9.73 Å². The van der Waals surface area contributed by atoms with Crippen LogP contribution in [0.5, 0.6) is 0 Å². The fraction of sp³-hybridized carbons (Fsp3) is 0.667. The third kappa shape index (κ3) is 2.79. The highest BCUT2D eigenvalue weighted by Crippen LogP contribution is 2.27. The van der Waals surface area contributed by atoms with Crippen LogP contribution >= 0.6 is 11.8 Å². The molecule has 3 heteroatoms. The molecule has 0 aliphatic carbocycles. The minimum atomic E-state index is 0.325. The van der Waals surface area contributed by atoms with Crippen LogP contribution in [0.1, 0.15) is 38.5 Å². The molecule has 1 aromatic rings. The van der Waals surface area contributed by atoms with Gasteiger partial charge in [0.15, 0.2) is 0 Å². The van der Waals surface area contributed by atoms with Crippen molar-refractivity contribution in [2.24, 2.45) is 0 Å². The van der Waals surface area contributed by atoms with Crippen molar-refractivity contribution in [1.82, 2.24) is 5.32 Å². The largest absolute Gasteiger partial charge is 0.468 e. The molecule has 0 radical (unpaired) electrons. The van der Waals surface area contributed by atoms with Gasteiger partial charge in [0, 0.05) is 11.3 Å². The van der Waals surface area contributed by atoms with Crippen molar-refractivity contribution in [2.75, 3.05) is 5.75 Å². The number of furan rings is 1. The van der Waals surface area contributed by atoms with Crippen LogP contribution in [0.4, 0.5) is 0 Å². The second-order valence-corrected chi connectivity index (χ2v) is 5.71. The minimum Gasteiger partial charge on any atom is -0.468 e. The first-order chi connectivity index (χ1) is 7.27. The SMILES string of the molecule is CC1SCCCC1N[C@H](C)c1ccco1. The molecule has 0 bridgehead atoms. The van der Waals surface area contributed by atoms with E-state index in [2.05, 4.69) is 30.9 Å². The van der Waals surface area contributed by atoms with Gasteiger partial charge in [0.1, 0.15) is 5.76 Å². The van der Waals surface area contributed by atoms with E-state index in [-0.39, 0.29) is 0 Å². The predicted molar refractivity (Wildman–Crippen MR) is 65.2 cm³/mol. The van der Waals surface area contributed by atoms with Gasteiger partial charge in [0.25, 0.3) is 0 Å². The van der Waals surface area contributed by atoms with E-state index >= 15 is 0 Å². The summed E-state index contributed by atoms with van der Waals surface area (Å²) in [6.07, 6.45) is 4.36. The summed E-state index contributed by atoms with van der Waals surface area (Å²) in [4.78, 5) is 0. The maximum Gasteiger partial charge on any atom is 0.120 e. The van der Waals surface area contributed by atoms with Crippen LogP contribution in [-0.2, 0) is 0 Å². The lowest BCUT2D eigenvalue weighted by atomic mass is 10.1. The molecule has 2 unspecified atom stereocenters. The smallest absolute Gasteiger partial charge is 0.120 e. The standard InChI is InChI=1S/C12H19NOS/c1-9(12-6-3-7-14-12)13-11-5-4-8-15-10(11)2/h3,6-7,9-11,13H,4-5,8H2,1-2H3/t9-,10?,11?/m1/s1. The van der Waals surface area contributed by atoms with Crippen molar-refractivity contribution >= 4 is 11.8 Å². The summed E-state index contributed by atoms with van der Waals surface area (Å²) in [6, 6.07) is 4.94. The lowest BCUT2D eigenvalue weighted by Gasteiger charge is -2.31. The first kappa shape index (κ1) is 11.1. The van der Waals surface area contributed by atoms with E-state index in [4.69, 9.17) is 4.42 Å². The normalized spacial score (nSPS) is 28.9. The van der Waals surface area contributed by atoms with Crippen molar-refractivity contribution in [1.29, 1.82) is 0 Å². The first-order valence-corrected chi connectivity index (χ1v) is 6.73. The van der Waals surface area contributed by atoms with Gasteiger partial charge in [0.2, 0.25) is 0 Å². The van der Waals surface area contributed by atoms with Crippen LogP contribution in [0.2, 0.25) is 0 Å². The van der Waals surface area contributed by atoms with Crippen LogP contribution in [0.3, 0.4) is 0 Å². The molecule has 2 heterocycles. The Morgan fingerprint density at radius 3 is 3.13 bits per heavy atom. The van der Waals surface area contributed by atoms with Gasteiger partial charge in [-0.25, -0.2) is 0 Å². The molecule has 0 aromatic carbocycles. The van der Waals surface area contributed by atoms with Crippen molar-refractivity contribution < 1.29 is 4.42 Å². The van der Waals surface area contributed by atoms with E-state index in [0.29, 0.717) is 12.1 Å². The van der Waals surface area contributed by atoms with Crippen molar-refractivity contribution in [3.63, 3.8) is 0 Å². The monoisotopic (exact) mass is 225 g/mol. The van der Waals surface area contributed by atoms with E-state index < -0.39 is 0 Å². The number of thioether (sulfide) groups is 1. The van der Waals surface area contributed by atoms with Crippen LogP contribution < -0.4 is 5.32 Å². The summed E-state index contributed by atoms with van der Waals surface area (Å²) in [5.74, 6) is 2.35. The topological polar surface area (TPSA) is 25.2 Å². The van der Waals surface area contributed by atoms with Gasteiger partial charge in [-0.2, -0.15) is 11.8 Å². The maximum atomic E-state index is 5.40. The highest BCUT2D eigenvalue weighted by Gasteiger charge is 2.23. The molecule has 1 N–H and O–H groups in total. The molecule has 1 fully saturated rings. The third-order valence-electron chi connectivity index (χ3n) is 3.04. The molecule has 0 amide bonds. The molecular weight excluding hydrogens is 206 g/mol. The van der Waals surface area contributed by atoms with Gasteiger partial charge >= 0.3 is 0 Å². The van der Waals surface area contributed by atoms with E-state index in [0.717, 1.165) is 11.0 Å². The Morgan fingerprint density at radius 1 is 1.60 bits per heavy atom. The summed E-state index contributed by atoms with van der Waals surface area (Å²) < 4.78 is 5.40. The number of hydrogen-bond acceptors (Lipinski definition) is 3. The van der Waals surface area contributed by atoms with E-state index in [1.165, 1.54) is 18.6 Å². The van der Waals surface area contributed by atoms with Crippen molar-refractivity contribution in [3.8, 4) is 0 Å². The van der Waals surface area contributed by atoms with E-state index in [9.17, 15) is 0 Å². The molecule has 3 atom stereocenters. The van der Waals surface area contributed by atoms with Gasteiger partial charge in [-0.15, -0.1) is 0 Å². The number of nitrogens with one attached hydrogen (secondary N) is 1. The lowest BCUT2D eigenvalue weighted by Crippen LogP contribution is -2.40. The quantitative estimate of drug-likeness (QED) is 0.855. The molecule has 84 valence electrons. The highest BCUT2D eigenvalue weighted by atomic mass is 32.2. The Labute approximate surface area is 95.8 Å². The third-order valence-corrected chi connectivity index (χ3v) is 4.42. The molecular formula is C12H19NOS. The molecule has 2 rings (SSSR count). The molecule has 1 aliphatic heterocycles. The van der Waals surface area contributed by atoms with Gasteiger partial charge in [-0.1, -0.05) is 6.92 Å². The zero-order valence-electron chi connectivity index (χ0n) is 9.40. The Bertz CT molecular complexity index is 286. The Morgan fingerprint density at radius 2 is 2.47 bits per heavy atom. The summed E-state index contributed by atoms with van der Waals surface area (Å²) in [7, 11) is 0. The lowest BCUT2D eigenvalue weighted by molar-refractivity contribution is 0.368. The van der Waals surface area contributed by atoms with Crippen molar-refractivity contribution in [3.05, 3.63) is 24.2 Å². The van der Waals surface area contributed by atoms with Gasteiger partial charge in [-0.05, 0) is 37.7 Å². The number of hydrogen-bond donors (Lipinski definition) is 1. The van der Waals surface area contributed by atoms with E-state index in [1.54, 1.807) is 6.26 Å². The Hall–Kier alpha value is -0.410. The zero-order chi connectivity index (χ0) is 10.7. The summed E-state index contributed by atoms with van der Waals surface area (Å²) >= 11 is 2.07. The molecule has 2 nitrogen and oxygen atoms in total. The first-order valence-electron chi connectivity index (χ1n) is 5.68. The average Bonchev–Trinajstić information content (AvgIpc) is 2.74. The molecule has 15 heavy (non-hydrogen) atoms. The molecule has 1 aliphatic rings. The molecule has 1 aromatic heterocycles. The summed E-state index contributed by atoms with van der Waals surface area (Å²) in [5.41, 5.74) is 0. The fourth-order valence-corrected chi connectivity index (χ4v) is 3.24. The number of rotatable bonds is 3. The summed E-state index contributed by atoms with van der Waals surface area (Å²) in [5, 5.41) is 4.38. The highest BCUT2D eigenvalue weighted by molar-refractivity contribution is 7.99. The van der Waals surface area contributed by atoms with Crippen LogP contribution in [0, 0.1) is 0 Å². The maximum absolute atomic E-state index is 5.40. The van der Waals surface area contributed by atoms with Crippen LogP contribution in [-0.4, -0.2) is 17.0 Å². The second kappa shape index (κ2) is 5.08. The van der Waals surface area contributed by atoms with Gasteiger partial charge in [0.05, 0.1) is 12.3 Å². The zero-order valence-corrected chi connectivity index (χ0v) is 10.2. The molecule has 0 saturated carbocycles. The molecule has 1 saturated heterocycles. The predicted octanol–water partition coefficient (Wildman–Crippen LogP) is 3.21. The Balaban J connectivity index is 1.90. The Kier molecular flexibility index (Phi) is 3.76. The molecule has 0 spiro atoms. The minimum absolute atomic E-state index is 0.325. The fourth-order valence-electron chi connectivity index (χ4n) is 2.08. The van der Waals surface area contributed by atoms with Gasteiger partial charge in [-0.3, -0.25) is 0 Å². The van der Waals surface area contributed by atoms with E-state index in [1.807, 2.05) is 12.1 Å². The van der Waals surface area contributed by atoms with Crippen LogP contribution in [0.25, 0.3) is 0 Å².